The lowest BCUT2D eigenvalue weighted by Crippen LogP contribution is -1.89. The number of hydrogen-bond donors (Lipinski definition) is 1. The molecule has 50 valence electrons. The van der Waals surface area contributed by atoms with Gasteiger partial charge < -0.3 is 10.5 Å². The summed E-state index contributed by atoms with van der Waals surface area (Å²) in [5.74, 6) is 0.734. The Morgan fingerprint density at radius 3 is 2.56 bits per heavy atom. The third kappa shape index (κ3) is 1.13. The van der Waals surface area contributed by atoms with Gasteiger partial charge in [0.1, 0.15) is 5.75 Å². The van der Waals surface area contributed by atoms with Crippen molar-refractivity contribution >= 4 is 5.69 Å². The van der Waals surface area contributed by atoms with Gasteiger partial charge in [-0.05, 0) is 12.1 Å². The topological polar surface area (TPSA) is 35.2 Å². The summed E-state index contributed by atoms with van der Waals surface area (Å²) in [6, 6.07) is 7.39. The van der Waals surface area contributed by atoms with Gasteiger partial charge in [0.2, 0.25) is 0 Å². The predicted molar refractivity (Wildman–Crippen MR) is 39.5 cm³/mol. The summed E-state index contributed by atoms with van der Waals surface area (Å²) in [6.45, 7) is 0. The molecule has 0 bridgehead atoms. The lowest BCUT2D eigenvalue weighted by molar-refractivity contribution is 0.417. The molecule has 0 aliphatic heterocycles. The van der Waals surface area contributed by atoms with Gasteiger partial charge >= 0.3 is 0 Å². The first-order valence-electron chi connectivity index (χ1n) is 2.73. The minimum Gasteiger partial charge on any atom is -0.495 e. The summed E-state index contributed by atoms with van der Waals surface area (Å²) >= 11 is 0. The number of rotatable bonds is 1. The van der Waals surface area contributed by atoms with Crippen molar-refractivity contribution in [1.29, 1.82) is 0 Å². The molecule has 0 amide bonds. The number of benzene rings is 1. The number of para-hydroxylation sites is 2. The van der Waals surface area contributed by atoms with E-state index in [-0.39, 0.29) is 1.43 Å². The summed E-state index contributed by atoms with van der Waals surface area (Å²) in [5.41, 5.74) is 6.19. The number of anilines is 1. The molecule has 0 saturated carbocycles. The normalized spacial score (nSPS) is 9.00. The zero-order chi connectivity index (χ0) is 6.69. The van der Waals surface area contributed by atoms with E-state index in [1.165, 1.54) is 0 Å². The van der Waals surface area contributed by atoms with Crippen LogP contribution in [-0.4, -0.2) is 7.11 Å². The van der Waals surface area contributed by atoms with Gasteiger partial charge in [-0.15, -0.1) is 0 Å². The van der Waals surface area contributed by atoms with Crippen molar-refractivity contribution in [1.82, 2.24) is 0 Å². The van der Waals surface area contributed by atoms with Gasteiger partial charge in [0.25, 0.3) is 0 Å². The molecule has 1 rings (SSSR count). The standard InChI is InChI=1S/C7H9NO.H2/c1-9-7-5-3-2-4-6(7)8;/h2-5H,8H2,1H3;1H. The average Bonchev–Trinajstić information content (AvgIpc) is 1.89. The predicted octanol–water partition coefficient (Wildman–Crippen LogP) is 1.52. The van der Waals surface area contributed by atoms with Crippen LogP contribution in [-0.2, 0) is 0 Å². The van der Waals surface area contributed by atoms with Crippen molar-refractivity contribution in [2.45, 2.75) is 0 Å². The summed E-state index contributed by atoms with van der Waals surface area (Å²) in [5, 5.41) is 0. The molecule has 1 aromatic rings. The molecule has 9 heavy (non-hydrogen) atoms. The summed E-state index contributed by atoms with van der Waals surface area (Å²) in [7, 11) is 1.60. The van der Waals surface area contributed by atoms with E-state index >= 15 is 0 Å². The maximum atomic E-state index is 5.51. The maximum Gasteiger partial charge on any atom is 0.141 e. The van der Waals surface area contributed by atoms with Crippen molar-refractivity contribution in [3.8, 4) is 5.75 Å². The lowest BCUT2D eigenvalue weighted by atomic mass is 10.3. The molecule has 0 fully saturated rings. The van der Waals surface area contributed by atoms with Crippen LogP contribution in [0, 0.1) is 0 Å². The fraction of sp³-hybridized carbons (Fsp3) is 0.143. The van der Waals surface area contributed by atoms with Crippen molar-refractivity contribution in [3.63, 3.8) is 0 Å². The highest BCUT2D eigenvalue weighted by atomic mass is 16.5. The molecule has 0 saturated heterocycles. The molecule has 2 nitrogen and oxygen atoms in total. The Bertz CT molecular complexity index is 203. The molecule has 1 aromatic carbocycles. The fourth-order valence-corrected chi connectivity index (χ4v) is 0.666. The van der Waals surface area contributed by atoms with Crippen LogP contribution >= 0.6 is 0 Å². The smallest absolute Gasteiger partial charge is 0.141 e. The number of methoxy groups -OCH3 is 1. The van der Waals surface area contributed by atoms with E-state index in [0.717, 1.165) is 5.75 Å². The fourth-order valence-electron chi connectivity index (χ4n) is 0.666. The largest absolute Gasteiger partial charge is 0.495 e. The van der Waals surface area contributed by atoms with Gasteiger partial charge in [0.05, 0.1) is 12.8 Å². The molecule has 0 aromatic heterocycles. The first kappa shape index (κ1) is 5.95. The van der Waals surface area contributed by atoms with E-state index in [4.69, 9.17) is 10.5 Å². The first-order valence-corrected chi connectivity index (χ1v) is 2.73. The third-order valence-corrected chi connectivity index (χ3v) is 1.14. The highest BCUT2D eigenvalue weighted by Crippen LogP contribution is 2.18. The van der Waals surface area contributed by atoms with E-state index in [9.17, 15) is 0 Å². The maximum absolute atomic E-state index is 5.51. The molecule has 0 aliphatic rings. The SMILES string of the molecule is COc1ccccc1N.[HH]. The Balaban J connectivity index is 0.000000810. The van der Waals surface area contributed by atoms with Crippen molar-refractivity contribution < 1.29 is 6.16 Å². The zero-order valence-corrected chi connectivity index (χ0v) is 5.29. The van der Waals surface area contributed by atoms with Crippen LogP contribution in [0.2, 0.25) is 0 Å². The van der Waals surface area contributed by atoms with Crippen LogP contribution in [0.25, 0.3) is 0 Å². The molecule has 0 radical (unpaired) electrons. The van der Waals surface area contributed by atoms with E-state index in [0.29, 0.717) is 5.69 Å². The van der Waals surface area contributed by atoms with Gasteiger partial charge in [-0.2, -0.15) is 0 Å². The monoisotopic (exact) mass is 125 g/mol. The molecule has 0 spiro atoms. The second kappa shape index (κ2) is 2.40. The summed E-state index contributed by atoms with van der Waals surface area (Å²) in [4.78, 5) is 0. The van der Waals surface area contributed by atoms with Crippen LogP contribution in [0.1, 0.15) is 1.43 Å². The second-order valence-electron chi connectivity index (χ2n) is 1.74. The highest BCUT2D eigenvalue weighted by Gasteiger charge is 1.91. The van der Waals surface area contributed by atoms with Gasteiger partial charge in [-0.25, -0.2) is 0 Å². The van der Waals surface area contributed by atoms with Crippen LogP contribution in [0.3, 0.4) is 0 Å². The molecule has 0 atom stereocenters. The molecule has 2 N–H and O–H groups in total. The van der Waals surface area contributed by atoms with Gasteiger partial charge in [0.15, 0.2) is 0 Å². The molecular formula is C7H11NO. The number of nitrogens with two attached hydrogens (primary N) is 1. The highest BCUT2D eigenvalue weighted by molar-refractivity contribution is 5.51. The lowest BCUT2D eigenvalue weighted by Gasteiger charge is -2.00. The second-order valence-corrected chi connectivity index (χ2v) is 1.74. The molecule has 2 heteroatoms. The van der Waals surface area contributed by atoms with Crippen LogP contribution in [0.5, 0.6) is 5.75 Å². The Kier molecular flexibility index (Phi) is 1.58. The quantitative estimate of drug-likeness (QED) is 0.577. The molecule has 0 unspecified atom stereocenters. The Morgan fingerprint density at radius 1 is 1.44 bits per heavy atom. The third-order valence-electron chi connectivity index (χ3n) is 1.14. The minimum atomic E-state index is 0. The van der Waals surface area contributed by atoms with Gasteiger partial charge in [0, 0.05) is 1.43 Å². The Morgan fingerprint density at radius 2 is 2.11 bits per heavy atom. The summed E-state index contributed by atoms with van der Waals surface area (Å²) in [6.07, 6.45) is 0. The van der Waals surface area contributed by atoms with Gasteiger partial charge in [-0.1, -0.05) is 12.1 Å². The van der Waals surface area contributed by atoms with Crippen LogP contribution in [0.15, 0.2) is 24.3 Å². The van der Waals surface area contributed by atoms with E-state index in [2.05, 4.69) is 0 Å². The van der Waals surface area contributed by atoms with E-state index in [1.807, 2.05) is 18.2 Å². The van der Waals surface area contributed by atoms with E-state index < -0.39 is 0 Å². The number of hydrogen-bond acceptors (Lipinski definition) is 2. The number of ether oxygens (including phenoxy) is 1. The van der Waals surface area contributed by atoms with Gasteiger partial charge in [-0.3, -0.25) is 0 Å². The van der Waals surface area contributed by atoms with Crippen molar-refractivity contribution in [3.05, 3.63) is 24.3 Å². The first-order chi connectivity index (χ1) is 4.34. The van der Waals surface area contributed by atoms with Crippen molar-refractivity contribution in [2.75, 3.05) is 12.8 Å². The minimum absolute atomic E-state index is 0. The Labute approximate surface area is 55.7 Å². The summed E-state index contributed by atoms with van der Waals surface area (Å²) < 4.78 is 4.92. The van der Waals surface area contributed by atoms with Crippen LogP contribution in [0.4, 0.5) is 5.69 Å². The molecule has 0 heterocycles. The van der Waals surface area contributed by atoms with Crippen molar-refractivity contribution in [2.24, 2.45) is 0 Å². The zero-order valence-electron chi connectivity index (χ0n) is 5.29. The molecule has 0 aliphatic carbocycles. The average molecular weight is 125 g/mol. The van der Waals surface area contributed by atoms with Crippen LogP contribution < -0.4 is 10.5 Å². The Hall–Kier alpha value is -1.18. The molecular weight excluding hydrogens is 114 g/mol. The van der Waals surface area contributed by atoms with E-state index in [1.54, 1.807) is 13.2 Å². The number of nitrogen functional groups attached to an aromatic ring is 1.